The van der Waals surface area contributed by atoms with Crippen molar-refractivity contribution in [1.29, 1.82) is 0 Å². The third-order valence-electron chi connectivity index (χ3n) is 6.64. The number of para-hydroxylation sites is 1. The van der Waals surface area contributed by atoms with Gasteiger partial charge in [-0.05, 0) is 49.0 Å². The summed E-state index contributed by atoms with van der Waals surface area (Å²) >= 11 is 0. The van der Waals surface area contributed by atoms with Gasteiger partial charge in [0.25, 0.3) is 0 Å². The number of aromatic nitrogens is 2. The van der Waals surface area contributed by atoms with Gasteiger partial charge in [-0.25, -0.2) is 0 Å². The molecular formula is C21H28N6O. The maximum Gasteiger partial charge on any atom is 0.172 e. The summed E-state index contributed by atoms with van der Waals surface area (Å²) in [7, 11) is 1.88. The summed E-state index contributed by atoms with van der Waals surface area (Å²) in [5, 5.41) is 25.5. The van der Waals surface area contributed by atoms with E-state index in [0.717, 1.165) is 55.4 Å². The van der Waals surface area contributed by atoms with E-state index in [-0.39, 0.29) is 5.75 Å². The maximum absolute atomic E-state index is 10.2. The average molecular weight is 380 g/mol. The van der Waals surface area contributed by atoms with Gasteiger partial charge >= 0.3 is 0 Å². The molecule has 0 amide bonds. The Kier molecular flexibility index (Phi) is 4.56. The Morgan fingerprint density at radius 3 is 2.57 bits per heavy atom. The summed E-state index contributed by atoms with van der Waals surface area (Å²) in [6, 6.07) is 9.33. The molecule has 7 heteroatoms. The Hall–Kier alpha value is -2.38. The quantitative estimate of drug-likeness (QED) is 0.725. The van der Waals surface area contributed by atoms with E-state index in [9.17, 15) is 5.11 Å². The molecule has 0 radical (unpaired) electrons. The van der Waals surface area contributed by atoms with Crippen molar-refractivity contribution in [2.75, 3.05) is 63.1 Å². The zero-order valence-electron chi connectivity index (χ0n) is 16.3. The van der Waals surface area contributed by atoms with Crippen LogP contribution in [0.1, 0.15) is 0 Å². The van der Waals surface area contributed by atoms with Gasteiger partial charge in [-0.3, -0.25) is 4.90 Å². The van der Waals surface area contributed by atoms with E-state index in [0.29, 0.717) is 11.3 Å². The molecule has 148 valence electrons. The van der Waals surface area contributed by atoms with Gasteiger partial charge in [-0.2, -0.15) is 0 Å². The number of phenolic OH excluding ortho intramolecular Hbond substituents is 1. The van der Waals surface area contributed by atoms with E-state index in [1.807, 2.05) is 31.3 Å². The number of benzene rings is 1. The third kappa shape index (κ3) is 3.18. The van der Waals surface area contributed by atoms with Crippen LogP contribution in [-0.4, -0.2) is 73.1 Å². The van der Waals surface area contributed by atoms with Gasteiger partial charge < -0.3 is 20.6 Å². The molecular weight excluding hydrogens is 352 g/mol. The second kappa shape index (κ2) is 7.22. The highest BCUT2D eigenvalue weighted by molar-refractivity contribution is 5.75. The molecule has 2 atom stereocenters. The van der Waals surface area contributed by atoms with Crippen LogP contribution in [0.4, 0.5) is 11.5 Å². The van der Waals surface area contributed by atoms with Crippen LogP contribution >= 0.6 is 0 Å². The summed E-state index contributed by atoms with van der Waals surface area (Å²) in [6.07, 6.45) is 0. The molecule has 1 aliphatic carbocycles. The van der Waals surface area contributed by atoms with E-state index < -0.39 is 0 Å². The molecule has 5 rings (SSSR count). The summed E-state index contributed by atoms with van der Waals surface area (Å²) in [5.74, 6) is 3.79. The van der Waals surface area contributed by atoms with Crippen molar-refractivity contribution < 1.29 is 5.11 Å². The number of rotatable bonds is 5. The molecule has 3 N–H and O–H groups in total. The minimum absolute atomic E-state index is 0.231. The van der Waals surface area contributed by atoms with Crippen molar-refractivity contribution in [1.82, 2.24) is 20.4 Å². The van der Waals surface area contributed by atoms with Crippen molar-refractivity contribution in [2.24, 2.45) is 17.8 Å². The van der Waals surface area contributed by atoms with Gasteiger partial charge in [0.2, 0.25) is 0 Å². The van der Waals surface area contributed by atoms with E-state index >= 15 is 0 Å². The first kappa shape index (κ1) is 17.7. The van der Waals surface area contributed by atoms with Crippen molar-refractivity contribution in [3.8, 4) is 17.0 Å². The summed E-state index contributed by atoms with van der Waals surface area (Å²) < 4.78 is 0. The van der Waals surface area contributed by atoms with E-state index in [1.165, 1.54) is 19.6 Å². The Morgan fingerprint density at radius 1 is 1.11 bits per heavy atom. The minimum Gasteiger partial charge on any atom is -0.507 e. The molecule has 3 aliphatic rings. The Morgan fingerprint density at radius 2 is 1.86 bits per heavy atom. The number of anilines is 2. The fraction of sp³-hybridized carbons (Fsp3) is 0.524. The molecule has 1 saturated carbocycles. The highest BCUT2D eigenvalue weighted by Gasteiger charge is 2.52. The second-order valence-corrected chi connectivity index (χ2v) is 8.17. The van der Waals surface area contributed by atoms with Gasteiger partial charge in [0.1, 0.15) is 5.75 Å². The number of fused-ring (bicyclic) bond motifs is 1. The van der Waals surface area contributed by atoms with E-state index in [4.69, 9.17) is 0 Å². The van der Waals surface area contributed by atoms with Crippen LogP contribution in [0.25, 0.3) is 11.3 Å². The number of hydrogen-bond acceptors (Lipinski definition) is 7. The Labute approximate surface area is 165 Å². The standard InChI is InChI=1S/C21H28N6O/c1-22-21-19(10-18(24-25-21)14-4-2-3-5-20(14)28)27-8-6-26(7-9-27)13-17-15-11-23-12-16(15)17/h2-5,10,15-17,23,28H,6-9,11-13H2,1H3,(H,22,25). The fourth-order valence-electron chi connectivity index (χ4n) is 4.91. The lowest BCUT2D eigenvalue weighted by Gasteiger charge is -2.37. The number of hydrogen-bond donors (Lipinski definition) is 3. The summed E-state index contributed by atoms with van der Waals surface area (Å²) in [6.45, 7) is 7.84. The zero-order valence-corrected chi connectivity index (χ0v) is 16.3. The molecule has 0 bridgehead atoms. The van der Waals surface area contributed by atoms with Gasteiger partial charge in [0, 0.05) is 45.3 Å². The molecule has 3 heterocycles. The molecule has 2 aliphatic heterocycles. The van der Waals surface area contributed by atoms with Crippen molar-refractivity contribution >= 4 is 11.5 Å². The predicted molar refractivity (Wildman–Crippen MR) is 111 cm³/mol. The fourth-order valence-corrected chi connectivity index (χ4v) is 4.91. The topological polar surface area (TPSA) is 76.6 Å². The number of phenols is 1. The lowest BCUT2D eigenvalue weighted by atomic mass is 10.1. The number of nitrogens with one attached hydrogen (secondary N) is 2. The lowest BCUT2D eigenvalue weighted by Crippen LogP contribution is -2.47. The number of piperidine rings is 1. The Bertz CT molecular complexity index is 841. The summed E-state index contributed by atoms with van der Waals surface area (Å²) in [4.78, 5) is 5.01. The minimum atomic E-state index is 0.231. The number of nitrogens with zero attached hydrogens (tertiary/aromatic N) is 4. The van der Waals surface area contributed by atoms with Gasteiger partial charge in [0.15, 0.2) is 5.82 Å². The lowest BCUT2D eigenvalue weighted by molar-refractivity contribution is 0.237. The van der Waals surface area contributed by atoms with Crippen molar-refractivity contribution in [2.45, 2.75) is 0 Å². The molecule has 2 unspecified atom stereocenters. The third-order valence-corrected chi connectivity index (χ3v) is 6.64. The first-order valence-corrected chi connectivity index (χ1v) is 10.3. The van der Waals surface area contributed by atoms with Crippen LogP contribution in [-0.2, 0) is 0 Å². The van der Waals surface area contributed by atoms with Crippen molar-refractivity contribution in [3.05, 3.63) is 30.3 Å². The largest absolute Gasteiger partial charge is 0.507 e. The molecule has 2 aromatic rings. The smallest absolute Gasteiger partial charge is 0.172 e. The molecule has 2 saturated heterocycles. The number of piperazine rings is 1. The molecule has 1 aromatic heterocycles. The molecule has 1 aromatic carbocycles. The van der Waals surface area contributed by atoms with Crippen LogP contribution in [0.2, 0.25) is 0 Å². The first-order chi connectivity index (χ1) is 13.7. The highest BCUT2D eigenvalue weighted by atomic mass is 16.3. The normalized spacial score (nSPS) is 26.9. The predicted octanol–water partition coefficient (Wildman–Crippen LogP) is 1.48. The molecule has 7 nitrogen and oxygen atoms in total. The van der Waals surface area contributed by atoms with E-state index in [1.54, 1.807) is 6.07 Å². The zero-order chi connectivity index (χ0) is 19.1. The van der Waals surface area contributed by atoms with Crippen molar-refractivity contribution in [3.63, 3.8) is 0 Å². The van der Waals surface area contributed by atoms with Crippen LogP contribution in [0.3, 0.4) is 0 Å². The van der Waals surface area contributed by atoms with Gasteiger partial charge in [0.05, 0.1) is 11.4 Å². The SMILES string of the molecule is CNc1nnc(-c2ccccc2O)cc1N1CCN(CC2C3CNCC32)CC1. The van der Waals surface area contributed by atoms with Crippen LogP contribution < -0.4 is 15.5 Å². The van der Waals surface area contributed by atoms with Gasteiger partial charge in [-0.15, -0.1) is 10.2 Å². The summed E-state index contributed by atoms with van der Waals surface area (Å²) in [5.41, 5.74) is 2.47. The highest BCUT2D eigenvalue weighted by Crippen LogP contribution is 2.49. The average Bonchev–Trinajstić information content (AvgIpc) is 3.14. The maximum atomic E-state index is 10.2. The number of aromatic hydroxyl groups is 1. The first-order valence-electron chi connectivity index (χ1n) is 10.3. The van der Waals surface area contributed by atoms with Crippen LogP contribution in [0.15, 0.2) is 30.3 Å². The van der Waals surface area contributed by atoms with Gasteiger partial charge in [-0.1, -0.05) is 12.1 Å². The van der Waals surface area contributed by atoms with E-state index in [2.05, 4.69) is 30.6 Å². The molecule has 0 spiro atoms. The second-order valence-electron chi connectivity index (χ2n) is 8.17. The van der Waals surface area contributed by atoms with Crippen LogP contribution in [0, 0.1) is 17.8 Å². The monoisotopic (exact) mass is 380 g/mol. The molecule has 3 fully saturated rings. The Balaban J connectivity index is 1.29. The molecule has 28 heavy (non-hydrogen) atoms. The van der Waals surface area contributed by atoms with Crippen LogP contribution in [0.5, 0.6) is 5.75 Å².